The van der Waals surface area contributed by atoms with Gasteiger partial charge in [0.15, 0.2) is 11.5 Å². The standard InChI is InChI=1S/C19H14F2N2O7S2/c20-19(21)29-16-12(8-7-11-5-6-11)9-10-13(17(16)30-19)18(24)23-32(27,28)15-4-2-1-3-14(15)31(22,25)26/h1-4,9-11H,5-6H2,(H,23,24)(H2,22,25,26). The number of fused-ring (bicyclic) bond motifs is 1. The molecule has 0 radical (unpaired) electrons. The summed E-state index contributed by atoms with van der Waals surface area (Å²) in [6.45, 7) is 0. The first-order chi connectivity index (χ1) is 14.9. The fourth-order valence-corrected chi connectivity index (χ4v) is 5.20. The largest absolute Gasteiger partial charge is 0.586 e. The summed E-state index contributed by atoms with van der Waals surface area (Å²) >= 11 is 0. The van der Waals surface area contributed by atoms with Gasteiger partial charge in [-0.3, -0.25) is 4.79 Å². The normalized spacial score (nSPS) is 16.7. The number of sulfonamides is 2. The lowest BCUT2D eigenvalue weighted by molar-refractivity contribution is -0.286. The molecule has 1 heterocycles. The topological polar surface area (TPSA) is 142 Å². The van der Waals surface area contributed by atoms with E-state index >= 15 is 0 Å². The third-order valence-electron chi connectivity index (χ3n) is 4.46. The first-order valence-electron chi connectivity index (χ1n) is 9.01. The van der Waals surface area contributed by atoms with E-state index in [-0.39, 0.29) is 11.5 Å². The van der Waals surface area contributed by atoms with Crippen molar-refractivity contribution < 1.29 is 39.9 Å². The Balaban J connectivity index is 1.71. The van der Waals surface area contributed by atoms with Gasteiger partial charge in [0.05, 0.1) is 11.1 Å². The summed E-state index contributed by atoms with van der Waals surface area (Å²) in [6.07, 6.45) is -2.31. The fraction of sp³-hybridized carbons (Fsp3) is 0.211. The lowest BCUT2D eigenvalue weighted by Crippen LogP contribution is -2.32. The molecule has 168 valence electrons. The fourth-order valence-electron chi connectivity index (χ4n) is 2.85. The SMILES string of the molecule is NS(=O)(=O)c1ccccc1S(=O)(=O)NC(=O)c1ccc(C#CC2CC2)c2c1OC(F)(F)O2. The molecule has 1 amide bonds. The molecular formula is C19H14F2N2O7S2. The van der Waals surface area contributed by atoms with Crippen molar-refractivity contribution in [1.82, 2.24) is 4.72 Å². The number of hydrogen-bond donors (Lipinski definition) is 2. The molecule has 0 bridgehead atoms. The van der Waals surface area contributed by atoms with Crippen LogP contribution in [0.5, 0.6) is 11.5 Å². The Morgan fingerprint density at radius 1 is 1.03 bits per heavy atom. The van der Waals surface area contributed by atoms with Crippen molar-refractivity contribution in [2.45, 2.75) is 28.9 Å². The molecule has 1 aliphatic heterocycles. The molecule has 2 aliphatic rings. The van der Waals surface area contributed by atoms with Gasteiger partial charge in [-0.2, -0.15) is 0 Å². The van der Waals surface area contributed by atoms with Gasteiger partial charge in [-0.25, -0.2) is 26.7 Å². The van der Waals surface area contributed by atoms with E-state index in [0.29, 0.717) is 0 Å². The Kier molecular flexibility index (Phi) is 5.11. The maximum Gasteiger partial charge on any atom is 0.586 e. The number of carbonyl (C=O) groups excluding carboxylic acids is 1. The average Bonchev–Trinajstić information content (AvgIpc) is 3.45. The van der Waals surface area contributed by atoms with Crippen LogP contribution in [0, 0.1) is 17.8 Å². The molecule has 1 aliphatic carbocycles. The van der Waals surface area contributed by atoms with Crippen molar-refractivity contribution in [2.24, 2.45) is 11.1 Å². The van der Waals surface area contributed by atoms with Crippen LogP contribution in [0.25, 0.3) is 0 Å². The highest BCUT2D eigenvalue weighted by atomic mass is 32.2. The minimum atomic E-state index is -4.76. The Bertz CT molecular complexity index is 1410. The van der Waals surface area contributed by atoms with E-state index in [4.69, 9.17) is 5.14 Å². The van der Waals surface area contributed by atoms with Crippen LogP contribution in [-0.4, -0.2) is 29.0 Å². The van der Waals surface area contributed by atoms with E-state index in [0.717, 1.165) is 31.0 Å². The molecule has 2 aromatic rings. The summed E-state index contributed by atoms with van der Waals surface area (Å²) in [4.78, 5) is 11.1. The molecule has 0 atom stereocenters. The molecule has 3 N–H and O–H groups in total. The van der Waals surface area contributed by atoms with Gasteiger partial charge in [0.1, 0.15) is 9.79 Å². The first-order valence-corrected chi connectivity index (χ1v) is 12.0. The van der Waals surface area contributed by atoms with Crippen LogP contribution in [0.3, 0.4) is 0 Å². The summed E-state index contributed by atoms with van der Waals surface area (Å²) in [7, 11) is -9.21. The third-order valence-corrected chi connectivity index (χ3v) is 6.95. The van der Waals surface area contributed by atoms with Crippen molar-refractivity contribution >= 4 is 26.0 Å². The highest BCUT2D eigenvalue weighted by Gasteiger charge is 2.47. The quantitative estimate of drug-likeness (QED) is 0.627. The van der Waals surface area contributed by atoms with E-state index in [1.165, 1.54) is 18.2 Å². The van der Waals surface area contributed by atoms with Crippen LogP contribution < -0.4 is 19.3 Å². The minimum Gasteiger partial charge on any atom is -0.394 e. The Labute approximate surface area is 181 Å². The Morgan fingerprint density at radius 2 is 1.66 bits per heavy atom. The zero-order chi connectivity index (χ0) is 23.3. The lowest BCUT2D eigenvalue weighted by Gasteiger charge is -2.11. The van der Waals surface area contributed by atoms with Crippen molar-refractivity contribution in [2.75, 3.05) is 0 Å². The van der Waals surface area contributed by atoms with Gasteiger partial charge in [0.2, 0.25) is 10.0 Å². The second kappa shape index (κ2) is 7.44. The van der Waals surface area contributed by atoms with Gasteiger partial charge in [0.25, 0.3) is 15.9 Å². The summed E-state index contributed by atoms with van der Waals surface area (Å²) in [5, 5.41) is 5.03. The number of ether oxygens (including phenoxy) is 2. The van der Waals surface area contributed by atoms with Crippen LogP contribution in [0.15, 0.2) is 46.2 Å². The number of nitrogens with one attached hydrogen (secondary N) is 1. The van der Waals surface area contributed by atoms with Gasteiger partial charge in [-0.05, 0) is 37.1 Å². The maximum absolute atomic E-state index is 13.7. The van der Waals surface area contributed by atoms with Crippen molar-refractivity contribution in [3.63, 3.8) is 0 Å². The number of halogens is 2. The molecule has 0 saturated heterocycles. The van der Waals surface area contributed by atoms with Gasteiger partial charge < -0.3 is 9.47 Å². The Morgan fingerprint density at radius 3 is 2.28 bits per heavy atom. The van der Waals surface area contributed by atoms with Crippen LogP contribution in [0.1, 0.15) is 28.8 Å². The van der Waals surface area contributed by atoms with Crippen LogP contribution in [-0.2, 0) is 20.0 Å². The first kappa shape index (κ1) is 22.0. The highest BCUT2D eigenvalue weighted by molar-refractivity contribution is 7.92. The number of amides is 1. The second-order valence-electron chi connectivity index (χ2n) is 6.96. The molecule has 32 heavy (non-hydrogen) atoms. The number of alkyl halides is 2. The number of hydrogen-bond acceptors (Lipinski definition) is 7. The van der Waals surface area contributed by atoms with Crippen molar-refractivity contribution in [1.29, 1.82) is 0 Å². The third kappa shape index (κ3) is 4.38. The predicted molar refractivity (Wildman–Crippen MR) is 105 cm³/mol. The summed E-state index contributed by atoms with van der Waals surface area (Å²) in [5.74, 6) is 3.16. The molecule has 1 saturated carbocycles. The van der Waals surface area contributed by atoms with Crippen LogP contribution >= 0.6 is 0 Å². The predicted octanol–water partition coefficient (Wildman–Crippen LogP) is 1.54. The Hall–Kier alpha value is -3.21. The number of rotatable bonds is 4. The highest BCUT2D eigenvalue weighted by Crippen LogP contribution is 2.45. The average molecular weight is 484 g/mol. The smallest absolute Gasteiger partial charge is 0.394 e. The molecule has 9 nitrogen and oxygen atoms in total. The number of nitrogens with two attached hydrogens (primary N) is 1. The van der Waals surface area contributed by atoms with Crippen molar-refractivity contribution in [3.05, 3.63) is 47.5 Å². The molecule has 1 fully saturated rings. The number of primary sulfonamides is 1. The minimum absolute atomic E-state index is 0.0445. The molecular weight excluding hydrogens is 470 g/mol. The van der Waals surface area contributed by atoms with Crippen molar-refractivity contribution in [3.8, 4) is 23.3 Å². The van der Waals surface area contributed by atoms with Crippen LogP contribution in [0.2, 0.25) is 0 Å². The number of carbonyl (C=O) groups is 1. The maximum atomic E-state index is 13.7. The van der Waals surface area contributed by atoms with Crippen LogP contribution in [0.4, 0.5) is 8.78 Å². The zero-order valence-corrected chi connectivity index (χ0v) is 17.6. The van der Waals surface area contributed by atoms with E-state index in [2.05, 4.69) is 21.3 Å². The summed E-state index contributed by atoms with van der Waals surface area (Å²) < 4.78 is 86.7. The van der Waals surface area contributed by atoms with Gasteiger partial charge in [-0.1, -0.05) is 24.0 Å². The van der Waals surface area contributed by atoms with Gasteiger partial charge in [-0.15, -0.1) is 8.78 Å². The molecule has 0 aromatic heterocycles. The zero-order valence-electron chi connectivity index (χ0n) is 16.0. The lowest BCUT2D eigenvalue weighted by atomic mass is 10.1. The van der Waals surface area contributed by atoms with Gasteiger partial charge in [0, 0.05) is 5.92 Å². The molecule has 0 spiro atoms. The molecule has 13 heteroatoms. The molecule has 0 unspecified atom stereocenters. The summed E-state index contributed by atoms with van der Waals surface area (Å²) in [5.41, 5.74) is -0.533. The van der Waals surface area contributed by atoms with Gasteiger partial charge >= 0.3 is 6.29 Å². The monoisotopic (exact) mass is 484 g/mol. The van der Waals surface area contributed by atoms with E-state index in [1.54, 1.807) is 4.72 Å². The van der Waals surface area contributed by atoms with E-state index < -0.39 is 59.1 Å². The summed E-state index contributed by atoms with van der Waals surface area (Å²) in [6, 6.07) is 6.59. The molecule has 4 rings (SSSR count). The second-order valence-corrected chi connectivity index (χ2v) is 10.1. The van der Waals surface area contributed by atoms with E-state index in [9.17, 15) is 30.4 Å². The molecule has 2 aromatic carbocycles. The number of benzene rings is 2. The van der Waals surface area contributed by atoms with E-state index in [1.807, 2.05) is 0 Å².